The molecule has 1 aromatic rings. The quantitative estimate of drug-likeness (QED) is 0.358. The van der Waals surface area contributed by atoms with Crippen LogP contribution < -0.4 is 4.74 Å². The van der Waals surface area contributed by atoms with E-state index in [2.05, 4.69) is 0 Å². The molecule has 96 valence electrons. The summed E-state index contributed by atoms with van der Waals surface area (Å²) in [5, 5.41) is 10.7. The van der Waals surface area contributed by atoms with Gasteiger partial charge in [0.15, 0.2) is 11.6 Å². The fourth-order valence-electron chi connectivity index (χ4n) is 1.69. The van der Waals surface area contributed by atoms with Gasteiger partial charge in [-0.1, -0.05) is 6.92 Å². The average molecular weight is 253 g/mol. The standard InChI is InChI=1S/C12H12FNO4/c1-2-8-9(14(16)17)5-6-10(11(8)13)18-12(15)7-3-4-7/h5-7H,2-4H2,1H3. The molecule has 1 fully saturated rings. The van der Waals surface area contributed by atoms with E-state index in [-0.39, 0.29) is 29.3 Å². The molecule has 0 aliphatic heterocycles. The molecule has 0 saturated heterocycles. The zero-order valence-electron chi connectivity index (χ0n) is 9.81. The number of ether oxygens (including phenoxy) is 1. The van der Waals surface area contributed by atoms with Crippen LogP contribution in [0.2, 0.25) is 0 Å². The third kappa shape index (κ3) is 2.32. The van der Waals surface area contributed by atoms with Crippen LogP contribution in [0.4, 0.5) is 10.1 Å². The minimum Gasteiger partial charge on any atom is -0.423 e. The van der Waals surface area contributed by atoms with Gasteiger partial charge in [-0.25, -0.2) is 4.39 Å². The molecule has 0 radical (unpaired) electrons. The molecular weight excluding hydrogens is 241 g/mol. The monoisotopic (exact) mass is 253 g/mol. The largest absolute Gasteiger partial charge is 0.423 e. The third-order valence-corrected chi connectivity index (χ3v) is 2.85. The molecule has 0 aromatic heterocycles. The lowest BCUT2D eigenvalue weighted by Gasteiger charge is -2.08. The molecule has 0 amide bonds. The maximum Gasteiger partial charge on any atom is 0.314 e. The summed E-state index contributed by atoms with van der Waals surface area (Å²) in [7, 11) is 0. The van der Waals surface area contributed by atoms with Gasteiger partial charge in [-0.15, -0.1) is 0 Å². The van der Waals surface area contributed by atoms with E-state index in [0.717, 1.165) is 25.0 Å². The minimum atomic E-state index is -0.819. The molecular formula is C12H12FNO4. The lowest BCUT2D eigenvalue weighted by atomic mass is 10.1. The van der Waals surface area contributed by atoms with Crippen molar-refractivity contribution in [3.8, 4) is 5.75 Å². The topological polar surface area (TPSA) is 69.4 Å². The summed E-state index contributed by atoms with van der Waals surface area (Å²) < 4.78 is 18.9. The number of rotatable bonds is 4. The number of hydrogen-bond donors (Lipinski definition) is 0. The van der Waals surface area contributed by atoms with Gasteiger partial charge in [-0.3, -0.25) is 14.9 Å². The van der Waals surface area contributed by atoms with Gasteiger partial charge in [0.1, 0.15) is 0 Å². The van der Waals surface area contributed by atoms with Crippen LogP contribution in [0.5, 0.6) is 5.75 Å². The van der Waals surface area contributed by atoms with Crippen molar-refractivity contribution >= 4 is 11.7 Å². The summed E-state index contributed by atoms with van der Waals surface area (Å²) in [4.78, 5) is 21.5. The Morgan fingerprint density at radius 2 is 2.22 bits per heavy atom. The Morgan fingerprint density at radius 1 is 1.56 bits per heavy atom. The summed E-state index contributed by atoms with van der Waals surface area (Å²) >= 11 is 0. The van der Waals surface area contributed by atoms with Gasteiger partial charge in [0.05, 0.1) is 16.4 Å². The number of nitro groups is 1. The highest BCUT2D eigenvalue weighted by molar-refractivity contribution is 5.77. The predicted molar refractivity (Wildman–Crippen MR) is 60.8 cm³/mol. The van der Waals surface area contributed by atoms with Crippen molar-refractivity contribution in [3.63, 3.8) is 0 Å². The third-order valence-electron chi connectivity index (χ3n) is 2.85. The fraction of sp³-hybridized carbons (Fsp3) is 0.417. The molecule has 1 saturated carbocycles. The zero-order chi connectivity index (χ0) is 13.3. The van der Waals surface area contributed by atoms with Gasteiger partial charge in [0.2, 0.25) is 0 Å². The maximum absolute atomic E-state index is 14.0. The van der Waals surface area contributed by atoms with E-state index in [1.54, 1.807) is 6.92 Å². The van der Waals surface area contributed by atoms with Gasteiger partial charge in [0, 0.05) is 6.07 Å². The second-order valence-corrected chi connectivity index (χ2v) is 4.18. The second-order valence-electron chi connectivity index (χ2n) is 4.18. The Morgan fingerprint density at radius 3 is 2.72 bits per heavy atom. The summed E-state index contributed by atoms with van der Waals surface area (Å²) in [6, 6.07) is 2.30. The van der Waals surface area contributed by atoms with Crippen molar-refractivity contribution in [2.24, 2.45) is 5.92 Å². The number of nitro benzene ring substituents is 1. The van der Waals surface area contributed by atoms with Crippen LogP contribution >= 0.6 is 0 Å². The molecule has 0 atom stereocenters. The average Bonchev–Trinajstić information content (AvgIpc) is 3.14. The van der Waals surface area contributed by atoms with Gasteiger partial charge >= 0.3 is 5.97 Å². The van der Waals surface area contributed by atoms with E-state index in [4.69, 9.17) is 4.74 Å². The summed E-state index contributed by atoms with van der Waals surface area (Å²) in [6.07, 6.45) is 1.68. The van der Waals surface area contributed by atoms with E-state index in [1.165, 1.54) is 0 Å². The van der Waals surface area contributed by atoms with Crippen LogP contribution in [0.15, 0.2) is 12.1 Å². The number of benzene rings is 1. The van der Waals surface area contributed by atoms with Crippen molar-refractivity contribution in [2.75, 3.05) is 0 Å². The van der Waals surface area contributed by atoms with Gasteiger partial charge in [0.25, 0.3) is 5.69 Å². The van der Waals surface area contributed by atoms with E-state index >= 15 is 0 Å². The van der Waals surface area contributed by atoms with Crippen molar-refractivity contribution in [3.05, 3.63) is 33.6 Å². The highest BCUT2D eigenvalue weighted by Crippen LogP contribution is 2.33. The van der Waals surface area contributed by atoms with Crippen molar-refractivity contribution in [1.82, 2.24) is 0 Å². The summed E-state index contributed by atoms with van der Waals surface area (Å²) in [5.41, 5.74) is -0.331. The van der Waals surface area contributed by atoms with Crippen LogP contribution in [-0.4, -0.2) is 10.9 Å². The molecule has 0 bridgehead atoms. The van der Waals surface area contributed by atoms with Crippen LogP contribution in [-0.2, 0) is 11.2 Å². The SMILES string of the molecule is CCc1c([N+](=O)[O-])ccc(OC(=O)C2CC2)c1F. The Hall–Kier alpha value is -1.98. The first kappa shape index (κ1) is 12.5. The first-order valence-corrected chi connectivity index (χ1v) is 5.72. The van der Waals surface area contributed by atoms with Gasteiger partial charge in [-0.2, -0.15) is 0 Å². The van der Waals surface area contributed by atoms with Crippen LogP contribution in [0, 0.1) is 21.8 Å². The number of hydrogen-bond acceptors (Lipinski definition) is 4. The van der Waals surface area contributed by atoms with E-state index in [0.29, 0.717) is 0 Å². The number of halogens is 1. The number of carbonyl (C=O) groups is 1. The molecule has 0 heterocycles. The molecule has 2 rings (SSSR count). The molecule has 0 spiro atoms. The minimum absolute atomic E-state index is 0.0407. The molecule has 1 aliphatic rings. The van der Waals surface area contributed by atoms with Crippen molar-refractivity contribution < 1.29 is 18.8 Å². The van der Waals surface area contributed by atoms with E-state index < -0.39 is 16.7 Å². The van der Waals surface area contributed by atoms with E-state index in [1.807, 2.05) is 0 Å². The van der Waals surface area contributed by atoms with Gasteiger partial charge < -0.3 is 4.74 Å². The second kappa shape index (κ2) is 4.72. The normalized spacial score (nSPS) is 14.3. The Balaban J connectivity index is 2.31. The molecule has 0 N–H and O–H groups in total. The summed E-state index contributed by atoms with van der Waals surface area (Å²) in [6.45, 7) is 1.61. The van der Waals surface area contributed by atoms with E-state index in [9.17, 15) is 19.3 Å². The number of carbonyl (C=O) groups excluding carboxylic acids is 1. The van der Waals surface area contributed by atoms with Gasteiger partial charge in [-0.05, 0) is 25.3 Å². The maximum atomic E-state index is 14.0. The molecule has 0 unspecified atom stereocenters. The predicted octanol–water partition coefficient (Wildman–Crippen LogP) is 2.61. The first-order chi connectivity index (χ1) is 8.54. The smallest absolute Gasteiger partial charge is 0.314 e. The number of nitrogens with zero attached hydrogens (tertiary/aromatic N) is 1. The molecule has 5 nitrogen and oxygen atoms in total. The number of esters is 1. The highest BCUT2D eigenvalue weighted by Gasteiger charge is 2.32. The molecule has 1 aromatic carbocycles. The van der Waals surface area contributed by atoms with Crippen LogP contribution in [0.1, 0.15) is 25.3 Å². The van der Waals surface area contributed by atoms with Crippen molar-refractivity contribution in [2.45, 2.75) is 26.2 Å². The lowest BCUT2D eigenvalue weighted by Crippen LogP contribution is -2.12. The van der Waals surface area contributed by atoms with Crippen LogP contribution in [0.25, 0.3) is 0 Å². The fourth-order valence-corrected chi connectivity index (χ4v) is 1.69. The molecule has 18 heavy (non-hydrogen) atoms. The first-order valence-electron chi connectivity index (χ1n) is 5.72. The van der Waals surface area contributed by atoms with Crippen molar-refractivity contribution in [1.29, 1.82) is 0 Å². The molecule has 1 aliphatic carbocycles. The van der Waals surface area contributed by atoms with Crippen LogP contribution in [0.3, 0.4) is 0 Å². The lowest BCUT2D eigenvalue weighted by molar-refractivity contribution is -0.385. The Kier molecular flexibility index (Phi) is 3.27. The highest BCUT2D eigenvalue weighted by atomic mass is 19.1. The molecule has 6 heteroatoms. The zero-order valence-corrected chi connectivity index (χ0v) is 9.81. The Labute approximate surface area is 103 Å². The Bertz CT molecular complexity index is 511. The summed E-state index contributed by atoms with van der Waals surface area (Å²) in [5.74, 6) is -1.66.